The molecule has 188 valence electrons. The second-order valence-corrected chi connectivity index (χ2v) is 10.0. The molecule has 0 unspecified atom stereocenters. The zero-order valence-electron chi connectivity index (χ0n) is 21.9. The summed E-state index contributed by atoms with van der Waals surface area (Å²) in [7, 11) is 5.51. The van der Waals surface area contributed by atoms with E-state index in [1.54, 1.807) is 14.2 Å². The van der Waals surface area contributed by atoms with Crippen molar-refractivity contribution in [2.24, 2.45) is 0 Å². The normalized spacial score (nSPS) is 14.9. The van der Waals surface area contributed by atoms with E-state index in [-0.39, 0.29) is 0 Å². The summed E-state index contributed by atoms with van der Waals surface area (Å²) in [5.74, 6) is 2.76. The molecule has 1 fully saturated rings. The molecule has 1 aliphatic rings. The fourth-order valence-corrected chi connectivity index (χ4v) is 5.23. The number of aromatic amines is 1. The minimum Gasteiger partial charge on any atom is -0.493 e. The number of piperidine rings is 1. The maximum absolute atomic E-state index is 6.25. The van der Waals surface area contributed by atoms with E-state index >= 15 is 0 Å². The van der Waals surface area contributed by atoms with Crippen LogP contribution in [0.25, 0.3) is 33.3 Å². The highest BCUT2D eigenvalue weighted by Gasteiger charge is 2.19. The summed E-state index contributed by atoms with van der Waals surface area (Å²) in [4.78, 5) is 6.03. The number of benzene rings is 3. The fourth-order valence-electron chi connectivity index (χ4n) is 5.23. The average molecular weight is 485 g/mol. The standard InChI is InChI=1S/C31H36N2O3/c1-20(2)30-26-18-22(21-6-10-24(11-7-21)36-25-14-16-33(3)17-15-25)8-12-27(26)32-31(30)23-9-13-28(34-4)29(19-23)35-5/h6-13,18-20,25,32H,14-17H2,1-5H3. The van der Waals surface area contributed by atoms with Gasteiger partial charge in [0.2, 0.25) is 0 Å². The Bertz CT molecular complexity index is 1330. The third-order valence-electron chi connectivity index (χ3n) is 7.24. The number of hydrogen-bond donors (Lipinski definition) is 1. The first-order chi connectivity index (χ1) is 17.5. The summed E-state index contributed by atoms with van der Waals surface area (Å²) in [6.45, 7) is 6.69. The van der Waals surface area contributed by atoms with Crippen LogP contribution in [0.3, 0.4) is 0 Å². The molecule has 5 nitrogen and oxygen atoms in total. The van der Waals surface area contributed by atoms with E-state index in [4.69, 9.17) is 14.2 Å². The monoisotopic (exact) mass is 484 g/mol. The van der Waals surface area contributed by atoms with Crippen LogP contribution >= 0.6 is 0 Å². The molecule has 0 atom stereocenters. The first-order valence-corrected chi connectivity index (χ1v) is 12.8. The van der Waals surface area contributed by atoms with Crippen LogP contribution in [0.4, 0.5) is 0 Å². The van der Waals surface area contributed by atoms with Gasteiger partial charge in [-0.3, -0.25) is 0 Å². The van der Waals surface area contributed by atoms with Gasteiger partial charge in [0.1, 0.15) is 11.9 Å². The number of methoxy groups -OCH3 is 2. The Kier molecular flexibility index (Phi) is 6.92. The number of fused-ring (bicyclic) bond motifs is 1. The average Bonchev–Trinajstić information content (AvgIpc) is 3.29. The van der Waals surface area contributed by atoms with Crippen molar-refractivity contribution in [2.45, 2.75) is 38.7 Å². The number of likely N-dealkylation sites (tertiary alicyclic amines) is 1. The Balaban J connectivity index is 1.46. The van der Waals surface area contributed by atoms with Gasteiger partial charge < -0.3 is 24.1 Å². The highest BCUT2D eigenvalue weighted by Crippen LogP contribution is 2.40. The van der Waals surface area contributed by atoms with Gasteiger partial charge in [0.05, 0.1) is 19.9 Å². The molecule has 0 bridgehead atoms. The van der Waals surface area contributed by atoms with Crippen LogP contribution in [0, 0.1) is 0 Å². The molecule has 0 aliphatic carbocycles. The van der Waals surface area contributed by atoms with Crippen molar-refractivity contribution in [1.82, 2.24) is 9.88 Å². The van der Waals surface area contributed by atoms with E-state index in [1.807, 2.05) is 12.1 Å². The third kappa shape index (κ3) is 4.80. The van der Waals surface area contributed by atoms with Crippen LogP contribution in [0.5, 0.6) is 17.2 Å². The van der Waals surface area contributed by atoms with Crippen molar-refractivity contribution in [3.63, 3.8) is 0 Å². The summed E-state index contributed by atoms with van der Waals surface area (Å²) in [6.07, 6.45) is 2.48. The number of aromatic nitrogens is 1. The van der Waals surface area contributed by atoms with Crippen LogP contribution in [-0.2, 0) is 0 Å². The number of rotatable bonds is 7. The van der Waals surface area contributed by atoms with Gasteiger partial charge in [-0.05, 0) is 85.0 Å². The number of nitrogens with one attached hydrogen (secondary N) is 1. The number of H-pyrrole nitrogens is 1. The van der Waals surface area contributed by atoms with Crippen LogP contribution in [0.15, 0.2) is 60.7 Å². The first kappa shape index (κ1) is 24.3. The van der Waals surface area contributed by atoms with Crippen molar-refractivity contribution in [3.8, 4) is 39.6 Å². The van der Waals surface area contributed by atoms with E-state index < -0.39 is 0 Å². The molecule has 36 heavy (non-hydrogen) atoms. The molecule has 1 N–H and O–H groups in total. The highest BCUT2D eigenvalue weighted by atomic mass is 16.5. The zero-order chi connectivity index (χ0) is 25.2. The second-order valence-electron chi connectivity index (χ2n) is 10.0. The minimum absolute atomic E-state index is 0.312. The Hall–Kier alpha value is -3.44. The molecular formula is C31H36N2O3. The molecule has 0 spiro atoms. The fraction of sp³-hybridized carbons (Fsp3) is 0.355. The molecule has 0 saturated carbocycles. The SMILES string of the molecule is COc1ccc(-c2[nH]c3ccc(-c4ccc(OC5CCN(C)CC5)cc4)cc3c2C(C)C)cc1OC. The lowest BCUT2D eigenvalue weighted by molar-refractivity contribution is 0.114. The van der Waals surface area contributed by atoms with Crippen LogP contribution in [0.2, 0.25) is 0 Å². The molecular weight excluding hydrogens is 448 g/mol. The molecule has 2 heterocycles. The van der Waals surface area contributed by atoms with Gasteiger partial charge in [0.25, 0.3) is 0 Å². The third-order valence-corrected chi connectivity index (χ3v) is 7.24. The number of ether oxygens (including phenoxy) is 3. The van der Waals surface area contributed by atoms with Crippen molar-refractivity contribution in [1.29, 1.82) is 0 Å². The van der Waals surface area contributed by atoms with Gasteiger partial charge >= 0.3 is 0 Å². The summed E-state index contributed by atoms with van der Waals surface area (Å²) in [6, 6.07) is 21.3. The van der Waals surface area contributed by atoms with Gasteiger partial charge in [-0.15, -0.1) is 0 Å². The smallest absolute Gasteiger partial charge is 0.161 e. The predicted molar refractivity (Wildman–Crippen MR) is 148 cm³/mol. The Labute approximate surface area is 214 Å². The largest absolute Gasteiger partial charge is 0.493 e. The lowest BCUT2D eigenvalue weighted by Crippen LogP contribution is -2.35. The van der Waals surface area contributed by atoms with Gasteiger partial charge in [-0.25, -0.2) is 0 Å². The molecule has 4 aromatic rings. The van der Waals surface area contributed by atoms with Crippen molar-refractivity contribution >= 4 is 10.9 Å². The van der Waals surface area contributed by atoms with Gasteiger partial charge in [0, 0.05) is 29.6 Å². The number of nitrogens with zero attached hydrogens (tertiary/aromatic N) is 1. The van der Waals surface area contributed by atoms with Crippen molar-refractivity contribution in [2.75, 3.05) is 34.4 Å². The lowest BCUT2D eigenvalue weighted by Gasteiger charge is -2.29. The Morgan fingerprint density at radius 1 is 0.806 bits per heavy atom. The summed E-state index contributed by atoms with van der Waals surface area (Å²) < 4.78 is 17.3. The molecule has 3 aromatic carbocycles. The minimum atomic E-state index is 0.312. The molecule has 1 aliphatic heterocycles. The predicted octanol–water partition coefficient (Wildman–Crippen LogP) is 7.12. The van der Waals surface area contributed by atoms with Crippen molar-refractivity contribution in [3.05, 3.63) is 66.2 Å². The maximum atomic E-state index is 6.25. The van der Waals surface area contributed by atoms with E-state index in [1.165, 1.54) is 22.1 Å². The maximum Gasteiger partial charge on any atom is 0.161 e. The summed E-state index contributed by atoms with van der Waals surface area (Å²) >= 11 is 0. The first-order valence-electron chi connectivity index (χ1n) is 12.8. The van der Waals surface area contributed by atoms with Crippen LogP contribution in [0.1, 0.15) is 38.2 Å². The van der Waals surface area contributed by atoms with Crippen LogP contribution in [-0.4, -0.2) is 50.3 Å². The quantitative estimate of drug-likeness (QED) is 0.303. The number of hydrogen-bond acceptors (Lipinski definition) is 4. The summed E-state index contributed by atoms with van der Waals surface area (Å²) in [5, 5.41) is 1.25. The van der Waals surface area contributed by atoms with E-state index in [0.29, 0.717) is 12.0 Å². The zero-order valence-corrected chi connectivity index (χ0v) is 21.9. The second kappa shape index (κ2) is 10.3. The molecule has 1 saturated heterocycles. The lowest BCUT2D eigenvalue weighted by atomic mass is 9.94. The van der Waals surface area contributed by atoms with E-state index in [0.717, 1.165) is 60.0 Å². The molecule has 0 amide bonds. The molecule has 0 radical (unpaired) electrons. The topological polar surface area (TPSA) is 46.7 Å². The molecule has 5 heteroatoms. The Morgan fingerprint density at radius 2 is 1.47 bits per heavy atom. The van der Waals surface area contributed by atoms with Gasteiger partial charge in [-0.1, -0.05) is 32.0 Å². The Morgan fingerprint density at radius 3 is 2.14 bits per heavy atom. The van der Waals surface area contributed by atoms with Gasteiger partial charge in [0.15, 0.2) is 11.5 Å². The van der Waals surface area contributed by atoms with Crippen molar-refractivity contribution < 1.29 is 14.2 Å². The molecule has 1 aromatic heterocycles. The molecule has 5 rings (SSSR count). The van der Waals surface area contributed by atoms with Crippen LogP contribution < -0.4 is 14.2 Å². The summed E-state index contributed by atoms with van der Waals surface area (Å²) in [5.41, 5.74) is 7.05. The highest BCUT2D eigenvalue weighted by molar-refractivity contribution is 5.94. The van der Waals surface area contributed by atoms with E-state index in [2.05, 4.69) is 79.3 Å². The van der Waals surface area contributed by atoms with Gasteiger partial charge in [-0.2, -0.15) is 0 Å². The van der Waals surface area contributed by atoms with E-state index in [9.17, 15) is 0 Å².